The second-order valence-electron chi connectivity index (χ2n) is 5.68. The first kappa shape index (κ1) is 16.4. The largest absolute Gasteiger partial charge is 0.480 e. The predicted molar refractivity (Wildman–Crippen MR) is 76.4 cm³/mol. The number of carbonyl (C=O) groups is 2. The molecule has 1 N–H and O–H groups in total. The Morgan fingerprint density at radius 3 is 2.45 bits per heavy atom. The van der Waals surface area contributed by atoms with Crippen LogP contribution < -0.4 is 0 Å². The number of carboxylic acid groups (broad SMARTS) is 1. The van der Waals surface area contributed by atoms with E-state index in [4.69, 9.17) is 5.11 Å². The van der Waals surface area contributed by atoms with Gasteiger partial charge in [-0.15, -0.1) is 0 Å². The molecule has 0 heterocycles. The minimum Gasteiger partial charge on any atom is -0.480 e. The zero-order valence-corrected chi connectivity index (χ0v) is 12.4. The Kier molecular flexibility index (Phi) is 4.78. The lowest BCUT2D eigenvalue weighted by Crippen LogP contribution is -2.52. The molecule has 1 aliphatic carbocycles. The van der Waals surface area contributed by atoms with Crippen molar-refractivity contribution in [2.24, 2.45) is 0 Å². The molecule has 2 rings (SSSR count). The van der Waals surface area contributed by atoms with Crippen LogP contribution in [0, 0.1) is 11.6 Å². The lowest BCUT2D eigenvalue weighted by molar-refractivity contribution is -0.149. The maximum Gasteiger partial charge on any atom is 0.323 e. The fourth-order valence-corrected chi connectivity index (χ4v) is 2.99. The standard InChI is InChI=1S/C16H19F2NO3/c1-2-8-19(10-14(20)21)15(22)16(6-3-7-16)12-5-4-11(17)9-13(12)18/h4-5,9H,2-3,6-8,10H2,1H3,(H,20,21). The van der Waals surface area contributed by atoms with Gasteiger partial charge in [0.15, 0.2) is 0 Å². The molecule has 4 nitrogen and oxygen atoms in total. The molecule has 6 heteroatoms. The molecule has 0 saturated heterocycles. The first-order valence-electron chi connectivity index (χ1n) is 7.37. The lowest BCUT2D eigenvalue weighted by atomic mass is 9.63. The average Bonchev–Trinajstić information content (AvgIpc) is 2.38. The zero-order chi connectivity index (χ0) is 16.3. The molecular weight excluding hydrogens is 292 g/mol. The summed E-state index contributed by atoms with van der Waals surface area (Å²) in [5.74, 6) is -2.93. The molecule has 0 unspecified atom stereocenters. The van der Waals surface area contributed by atoms with Gasteiger partial charge in [0.25, 0.3) is 0 Å². The van der Waals surface area contributed by atoms with Crippen molar-refractivity contribution < 1.29 is 23.5 Å². The van der Waals surface area contributed by atoms with Crippen molar-refractivity contribution in [1.29, 1.82) is 0 Å². The third kappa shape index (κ3) is 2.96. The second kappa shape index (κ2) is 6.42. The minimum absolute atomic E-state index is 0.164. The normalized spacial score (nSPS) is 16.0. The molecule has 0 bridgehead atoms. The van der Waals surface area contributed by atoms with Crippen LogP contribution in [-0.2, 0) is 15.0 Å². The van der Waals surface area contributed by atoms with E-state index >= 15 is 0 Å². The van der Waals surface area contributed by atoms with Gasteiger partial charge in [-0.1, -0.05) is 19.4 Å². The van der Waals surface area contributed by atoms with E-state index in [0.29, 0.717) is 25.8 Å². The summed E-state index contributed by atoms with van der Waals surface area (Å²) in [7, 11) is 0. The van der Waals surface area contributed by atoms with Crippen LogP contribution >= 0.6 is 0 Å². The van der Waals surface area contributed by atoms with E-state index in [1.807, 2.05) is 6.92 Å². The number of hydrogen-bond donors (Lipinski definition) is 1. The summed E-state index contributed by atoms with van der Waals surface area (Å²) in [6, 6.07) is 3.20. The van der Waals surface area contributed by atoms with Crippen LogP contribution in [0.4, 0.5) is 8.78 Å². The van der Waals surface area contributed by atoms with Gasteiger partial charge >= 0.3 is 5.97 Å². The van der Waals surface area contributed by atoms with E-state index in [1.165, 1.54) is 11.0 Å². The molecule has 1 saturated carbocycles. The number of nitrogens with zero attached hydrogens (tertiary/aromatic N) is 1. The minimum atomic E-state index is -1.10. The summed E-state index contributed by atoms with van der Waals surface area (Å²) in [5.41, 5.74) is -0.890. The van der Waals surface area contributed by atoms with Crippen molar-refractivity contribution in [1.82, 2.24) is 4.90 Å². The molecule has 0 aromatic heterocycles. The maximum absolute atomic E-state index is 14.1. The first-order valence-corrected chi connectivity index (χ1v) is 7.37. The van der Waals surface area contributed by atoms with Crippen molar-refractivity contribution in [2.75, 3.05) is 13.1 Å². The number of aliphatic carboxylic acids is 1. The predicted octanol–water partition coefficient (Wildman–Crippen LogP) is 2.71. The van der Waals surface area contributed by atoms with Gasteiger partial charge in [0.1, 0.15) is 18.2 Å². The van der Waals surface area contributed by atoms with Gasteiger partial charge in [-0.3, -0.25) is 9.59 Å². The Balaban J connectivity index is 2.35. The average molecular weight is 311 g/mol. The number of carboxylic acids is 1. The molecule has 1 fully saturated rings. The highest BCUT2D eigenvalue weighted by Crippen LogP contribution is 2.46. The SMILES string of the molecule is CCCN(CC(=O)O)C(=O)C1(c2ccc(F)cc2F)CCC1. The summed E-state index contributed by atoms with van der Waals surface area (Å²) in [5, 5.41) is 8.96. The molecule has 1 aromatic carbocycles. The third-order valence-electron chi connectivity index (χ3n) is 4.17. The fraction of sp³-hybridized carbons (Fsp3) is 0.500. The van der Waals surface area contributed by atoms with Gasteiger partial charge in [0.05, 0.1) is 5.41 Å². The Bertz CT molecular complexity index is 585. The van der Waals surface area contributed by atoms with Crippen LogP contribution in [0.1, 0.15) is 38.2 Å². The van der Waals surface area contributed by atoms with Crippen LogP contribution in [0.3, 0.4) is 0 Å². The number of rotatable bonds is 6. The molecule has 0 spiro atoms. The summed E-state index contributed by atoms with van der Waals surface area (Å²) in [4.78, 5) is 25.0. The Morgan fingerprint density at radius 1 is 1.32 bits per heavy atom. The molecule has 22 heavy (non-hydrogen) atoms. The molecule has 1 aliphatic rings. The number of carbonyl (C=O) groups excluding carboxylic acids is 1. The van der Waals surface area contributed by atoms with Crippen LogP contribution in [0.2, 0.25) is 0 Å². The van der Waals surface area contributed by atoms with Crippen LogP contribution in [0.5, 0.6) is 0 Å². The van der Waals surface area contributed by atoms with Gasteiger partial charge in [-0.05, 0) is 25.3 Å². The highest BCUT2D eigenvalue weighted by molar-refractivity contribution is 5.91. The van der Waals surface area contributed by atoms with E-state index in [2.05, 4.69) is 0 Å². The first-order chi connectivity index (χ1) is 10.4. The van der Waals surface area contributed by atoms with E-state index < -0.39 is 29.6 Å². The Labute approximate surface area is 127 Å². The monoisotopic (exact) mass is 311 g/mol. The summed E-state index contributed by atoms with van der Waals surface area (Å²) >= 11 is 0. The number of amides is 1. The quantitative estimate of drug-likeness (QED) is 0.879. The van der Waals surface area contributed by atoms with E-state index in [1.54, 1.807) is 0 Å². The molecule has 1 amide bonds. The third-order valence-corrected chi connectivity index (χ3v) is 4.17. The zero-order valence-electron chi connectivity index (χ0n) is 12.4. The number of benzene rings is 1. The summed E-state index contributed by atoms with van der Waals surface area (Å²) < 4.78 is 27.2. The van der Waals surface area contributed by atoms with Gasteiger partial charge < -0.3 is 10.0 Å². The fourth-order valence-electron chi connectivity index (χ4n) is 2.99. The lowest BCUT2D eigenvalue weighted by Gasteiger charge is -2.43. The van der Waals surface area contributed by atoms with Gasteiger partial charge in [-0.2, -0.15) is 0 Å². The van der Waals surface area contributed by atoms with Gasteiger partial charge in [0, 0.05) is 18.2 Å². The van der Waals surface area contributed by atoms with Crippen molar-refractivity contribution in [3.8, 4) is 0 Å². The Hall–Kier alpha value is -1.98. The molecule has 1 aromatic rings. The van der Waals surface area contributed by atoms with Crippen molar-refractivity contribution >= 4 is 11.9 Å². The molecule has 120 valence electrons. The Morgan fingerprint density at radius 2 is 2.00 bits per heavy atom. The summed E-state index contributed by atoms with van der Waals surface area (Å²) in [6.45, 7) is 1.74. The molecule has 0 atom stereocenters. The van der Waals surface area contributed by atoms with E-state index in [9.17, 15) is 18.4 Å². The maximum atomic E-state index is 14.1. The highest BCUT2D eigenvalue weighted by Gasteiger charge is 2.49. The van der Waals surface area contributed by atoms with Crippen LogP contribution in [0.25, 0.3) is 0 Å². The number of halogens is 2. The van der Waals surface area contributed by atoms with Crippen molar-refractivity contribution in [3.05, 3.63) is 35.4 Å². The van der Waals surface area contributed by atoms with E-state index in [0.717, 1.165) is 18.6 Å². The van der Waals surface area contributed by atoms with Gasteiger partial charge in [0.2, 0.25) is 5.91 Å². The molecular formula is C16H19F2NO3. The van der Waals surface area contributed by atoms with Gasteiger partial charge in [-0.25, -0.2) is 8.78 Å². The van der Waals surface area contributed by atoms with Crippen LogP contribution in [0.15, 0.2) is 18.2 Å². The second-order valence-corrected chi connectivity index (χ2v) is 5.68. The van der Waals surface area contributed by atoms with Crippen LogP contribution in [-0.4, -0.2) is 35.0 Å². The molecule has 0 radical (unpaired) electrons. The highest BCUT2D eigenvalue weighted by atomic mass is 19.1. The topological polar surface area (TPSA) is 57.6 Å². The van der Waals surface area contributed by atoms with E-state index in [-0.39, 0.29) is 11.5 Å². The van der Waals surface area contributed by atoms with Crippen molar-refractivity contribution in [3.63, 3.8) is 0 Å². The molecule has 0 aliphatic heterocycles. The number of hydrogen-bond acceptors (Lipinski definition) is 2. The van der Waals surface area contributed by atoms with Crippen molar-refractivity contribution in [2.45, 2.75) is 38.0 Å². The summed E-state index contributed by atoms with van der Waals surface area (Å²) in [6.07, 6.45) is 2.28. The smallest absolute Gasteiger partial charge is 0.323 e.